The van der Waals surface area contributed by atoms with Crippen LogP contribution in [-0.4, -0.2) is 43.7 Å². The Kier molecular flexibility index (Phi) is 6.77. The van der Waals surface area contributed by atoms with Gasteiger partial charge in [0.05, 0.1) is 4.90 Å². The molecule has 0 saturated carbocycles. The Morgan fingerprint density at radius 1 is 1.19 bits per heavy atom. The number of carboxylic acid groups (broad SMARTS) is 1. The van der Waals surface area contributed by atoms with Crippen molar-refractivity contribution >= 4 is 21.9 Å². The third-order valence-electron chi connectivity index (χ3n) is 3.23. The van der Waals surface area contributed by atoms with E-state index >= 15 is 0 Å². The SMILES string of the molecule is CC(C)(CCC(=O)O)NS(=O)(=O)c1cccc(C(=O)NCC(F)(F)F)c1. The third kappa shape index (κ3) is 7.40. The number of carbonyl (C=O) groups is 2. The Morgan fingerprint density at radius 2 is 1.81 bits per heavy atom. The monoisotopic (exact) mass is 396 g/mol. The third-order valence-corrected chi connectivity index (χ3v) is 4.93. The molecule has 26 heavy (non-hydrogen) atoms. The van der Waals surface area contributed by atoms with E-state index in [0.717, 1.165) is 6.07 Å². The summed E-state index contributed by atoms with van der Waals surface area (Å²) in [5.74, 6) is -2.15. The van der Waals surface area contributed by atoms with Gasteiger partial charge in [-0.3, -0.25) is 9.59 Å². The number of halogens is 3. The lowest BCUT2D eigenvalue weighted by atomic mass is 10.0. The summed E-state index contributed by atoms with van der Waals surface area (Å²) in [6, 6.07) is 4.53. The van der Waals surface area contributed by atoms with Crippen LogP contribution < -0.4 is 10.0 Å². The molecule has 0 saturated heterocycles. The van der Waals surface area contributed by atoms with Crippen LogP contribution in [0.2, 0.25) is 0 Å². The lowest BCUT2D eigenvalue weighted by Gasteiger charge is -2.25. The molecule has 0 radical (unpaired) electrons. The number of alkyl halides is 3. The molecule has 1 amide bonds. The smallest absolute Gasteiger partial charge is 0.405 e. The second-order valence-electron chi connectivity index (χ2n) is 6.21. The van der Waals surface area contributed by atoms with E-state index in [1.807, 2.05) is 0 Å². The van der Waals surface area contributed by atoms with Gasteiger partial charge in [-0.05, 0) is 38.5 Å². The van der Waals surface area contributed by atoms with Crippen LogP contribution in [0.25, 0.3) is 0 Å². The summed E-state index contributed by atoms with van der Waals surface area (Å²) in [6.45, 7) is 1.45. The van der Waals surface area contributed by atoms with Crippen LogP contribution in [0.3, 0.4) is 0 Å². The topological polar surface area (TPSA) is 113 Å². The number of nitrogens with one attached hydrogen (secondary N) is 2. The molecule has 0 aliphatic heterocycles. The predicted octanol–water partition coefficient (Wildman–Crippen LogP) is 1.90. The molecule has 0 atom stereocenters. The van der Waals surface area contributed by atoms with E-state index < -0.39 is 40.2 Å². The molecule has 0 unspecified atom stereocenters. The largest absolute Gasteiger partial charge is 0.481 e. The van der Waals surface area contributed by atoms with Crippen molar-refractivity contribution in [1.29, 1.82) is 0 Å². The van der Waals surface area contributed by atoms with E-state index in [1.165, 1.54) is 32.0 Å². The first-order valence-electron chi connectivity index (χ1n) is 7.43. The molecule has 0 aliphatic rings. The molecule has 0 aliphatic carbocycles. The number of amides is 1. The fourth-order valence-corrected chi connectivity index (χ4v) is 3.47. The Balaban J connectivity index is 2.94. The van der Waals surface area contributed by atoms with Gasteiger partial charge >= 0.3 is 12.1 Å². The fourth-order valence-electron chi connectivity index (χ4n) is 1.98. The molecule has 0 spiro atoms. The first kappa shape index (κ1) is 21.9. The quantitative estimate of drug-likeness (QED) is 0.621. The minimum Gasteiger partial charge on any atom is -0.481 e. The molecule has 1 aromatic rings. The van der Waals surface area contributed by atoms with E-state index in [2.05, 4.69) is 4.72 Å². The number of benzene rings is 1. The number of carboxylic acids is 1. The van der Waals surface area contributed by atoms with Gasteiger partial charge < -0.3 is 10.4 Å². The van der Waals surface area contributed by atoms with E-state index in [1.54, 1.807) is 5.32 Å². The van der Waals surface area contributed by atoms with E-state index in [4.69, 9.17) is 5.11 Å². The zero-order chi connectivity index (χ0) is 20.2. The zero-order valence-electron chi connectivity index (χ0n) is 14.1. The summed E-state index contributed by atoms with van der Waals surface area (Å²) in [4.78, 5) is 22.1. The van der Waals surface area contributed by atoms with Crippen LogP contribution in [0.15, 0.2) is 29.2 Å². The molecule has 7 nitrogen and oxygen atoms in total. The van der Waals surface area contributed by atoms with Crippen LogP contribution in [-0.2, 0) is 14.8 Å². The fraction of sp³-hybridized carbons (Fsp3) is 0.467. The van der Waals surface area contributed by atoms with Crippen LogP contribution in [0.4, 0.5) is 13.2 Å². The molecular formula is C15H19F3N2O5S. The molecule has 1 aromatic carbocycles. The summed E-state index contributed by atoms with van der Waals surface area (Å²) in [5.41, 5.74) is -1.33. The Morgan fingerprint density at radius 3 is 2.35 bits per heavy atom. The first-order valence-corrected chi connectivity index (χ1v) is 8.91. The Labute approximate surface area is 148 Å². The van der Waals surface area contributed by atoms with E-state index in [0.29, 0.717) is 0 Å². The van der Waals surface area contributed by atoms with Crippen molar-refractivity contribution < 1.29 is 36.3 Å². The lowest BCUT2D eigenvalue weighted by Crippen LogP contribution is -2.43. The minimum absolute atomic E-state index is 0.0212. The van der Waals surface area contributed by atoms with Gasteiger partial charge in [0.25, 0.3) is 5.91 Å². The van der Waals surface area contributed by atoms with Gasteiger partial charge in [0, 0.05) is 17.5 Å². The first-order chi connectivity index (χ1) is 11.7. The van der Waals surface area contributed by atoms with Crippen LogP contribution >= 0.6 is 0 Å². The summed E-state index contributed by atoms with van der Waals surface area (Å²) in [6.07, 6.45) is -4.82. The zero-order valence-corrected chi connectivity index (χ0v) is 14.9. The van der Waals surface area contributed by atoms with Crippen LogP contribution in [0.1, 0.15) is 37.0 Å². The van der Waals surface area contributed by atoms with Crippen molar-refractivity contribution in [2.24, 2.45) is 0 Å². The normalized spacial score (nSPS) is 12.7. The minimum atomic E-state index is -4.59. The molecule has 146 valence electrons. The number of hydrogen-bond acceptors (Lipinski definition) is 4. The Bertz CT molecular complexity index is 776. The van der Waals surface area contributed by atoms with Gasteiger partial charge in [-0.2, -0.15) is 13.2 Å². The highest BCUT2D eigenvalue weighted by atomic mass is 32.2. The summed E-state index contributed by atoms with van der Waals surface area (Å²) >= 11 is 0. The van der Waals surface area contributed by atoms with Crippen molar-refractivity contribution in [1.82, 2.24) is 10.0 Å². The van der Waals surface area contributed by atoms with Crippen LogP contribution in [0, 0.1) is 0 Å². The van der Waals surface area contributed by atoms with Crippen molar-refractivity contribution in [2.45, 2.75) is 43.3 Å². The standard InChI is InChI=1S/C15H19F3N2O5S/c1-14(2,7-6-12(21)22)20-26(24,25)11-5-3-4-10(8-11)13(23)19-9-15(16,17)18/h3-5,8,20H,6-7,9H2,1-2H3,(H,19,23)(H,21,22). The highest BCUT2D eigenvalue weighted by Gasteiger charge is 2.29. The second-order valence-corrected chi connectivity index (χ2v) is 7.89. The second kappa shape index (κ2) is 8.04. The molecule has 11 heteroatoms. The molecule has 0 heterocycles. The summed E-state index contributed by atoms with van der Waals surface area (Å²) in [5, 5.41) is 10.3. The Hall–Kier alpha value is -2.14. The van der Waals surface area contributed by atoms with Crippen molar-refractivity contribution in [2.75, 3.05) is 6.54 Å². The highest BCUT2D eigenvalue weighted by molar-refractivity contribution is 7.89. The molecular weight excluding hydrogens is 377 g/mol. The average Bonchev–Trinajstić information content (AvgIpc) is 2.49. The number of hydrogen-bond donors (Lipinski definition) is 3. The highest BCUT2D eigenvalue weighted by Crippen LogP contribution is 2.19. The number of sulfonamides is 1. The molecule has 0 bridgehead atoms. The van der Waals surface area contributed by atoms with Gasteiger partial charge in [0.15, 0.2) is 0 Å². The van der Waals surface area contributed by atoms with Crippen molar-refractivity contribution in [3.05, 3.63) is 29.8 Å². The van der Waals surface area contributed by atoms with Crippen LogP contribution in [0.5, 0.6) is 0 Å². The van der Waals surface area contributed by atoms with Gasteiger partial charge in [-0.15, -0.1) is 0 Å². The number of rotatable bonds is 8. The van der Waals surface area contributed by atoms with E-state index in [-0.39, 0.29) is 23.3 Å². The van der Waals surface area contributed by atoms with Gasteiger partial charge in [0.2, 0.25) is 10.0 Å². The number of aliphatic carboxylic acids is 1. The van der Waals surface area contributed by atoms with Gasteiger partial charge in [0.1, 0.15) is 6.54 Å². The van der Waals surface area contributed by atoms with Gasteiger partial charge in [-0.1, -0.05) is 6.07 Å². The average molecular weight is 396 g/mol. The molecule has 3 N–H and O–H groups in total. The summed E-state index contributed by atoms with van der Waals surface area (Å²) in [7, 11) is -4.11. The molecule has 0 aromatic heterocycles. The summed E-state index contributed by atoms with van der Waals surface area (Å²) < 4.78 is 63.6. The molecule has 0 fully saturated rings. The molecule has 1 rings (SSSR count). The predicted molar refractivity (Wildman–Crippen MR) is 86.1 cm³/mol. The number of carbonyl (C=O) groups excluding carboxylic acids is 1. The lowest BCUT2D eigenvalue weighted by molar-refractivity contribution is -0.137. The maximum absolute atomic E-state index is 12.4. The van der Waals surface area contributed by atoms with Crippen molar-refractivity contribution in [3.63, 3.8) is 0 Å². The van der Waals surface area contributed by atoms with E-state index in [9.17, 15) is 31.2 Å². The van der Waals surface area contributed by atoms with Crippen molar-refractivity contribution in [3.8, 4) is 0 Å². The maximum atomic E-state index is 12.4. The maximum Gasteiger partial charge on any atom is 0.405 e. The van der Waals surface area contributed by atoms with Gasteiger partial charge in [-0.25, -0.2) is 13.1 Å².